The van der Waals surface area contributed by atoms with Crippen LogP contribution in [0, 0.1) is 0 Å². The number of alkyl carbamates (subject to hydrolysis) is 1. The molecule has 0 aromatic carbocycles. The average Bonchev–Trinajstić information content (AvgIpc) is 2.24. The Balaban J connectivity index is 4.23. The molecule has 1 amide bonds. The zero-order valence-electron chi connectivity index (χ0n) is 14.0. The second kappa shape index (κ2) is 7.27. The monoisotopic (exact) mass is 289 g/mol. The van der Waals surface area contributed by atoms with Crippen molar-refractivity contribution in [1.29, 1.82) is 0 Å². The van der Waals surface area contributed by atoms with Crippen LogP contribution in [0.2, 0.25) is 0 Å². The number of ether oxygens (including phenoxy) is 2. The highest BCUT2D eigenvalue weighted by Crippen LogP contribution is 2.20. The Morgan fingerprint density at radius 2 is 1.60 bits per heavy atom. The Morgan fingerprint density at radius 3 is 2.00 bits per heavy atom. The number of rotatable bonds is 7. The van der Waals surface area contributed by atoms with Crippen molar-refractivity contribution in [3.8, 4) is 0 Å². The van der Waals surface area contributed by atoms with E-state index in [1.54, 1.807) is 13.8 Å². The van der Waals surface area contributed by atoms with Crippen molar-refractivity contribution in [2.75, 3.05) is 6.61 Å². The molecule has 0 saturated heterocycles. The first kappa shape index (κ1) is 19.2. The quantitative estimate of drug-likeness (QED) is 0.706. The zero-order chi connectivity index (χ0) is 16.0. The van der Waals surface area contributed by atoms with Gasteiger partial charge < -0.3 is 14.6 Å². The van der Waals surface area contributed by atoms with Gasteiger partial charge in [0.25, 0.3) is 0 Å². The van der Waals surface area contributed by atoms with Gasteiger partial charge in [-0.05, 0) is 53.9 Å². The molecule has 0 bridgehead atoms. The molecule has 2 N–H and O–H groups in total. The van der Waals surface area contributed by atoms with Gasteiger partial charge in [-0.15, -0.1) is 0 Å². The molecule has 0 aliphatic rings. The lowest BCUT2D eigenvalue weighted by Gasteiger charge is -2.31. The Kier molecular flexibility index (Phi) is 6.98. The first-order valence-electron chi connectivity index (χ1n) is 7.30. The smallest absolute Gasteiger partial charge is 0.409 e. The maximum atomic E-state index is 11.7. The highest BCUT2D eigenvalue weighted by Gasteiger charge is 2.27. The maximum Gasteiger partial charge on any atom is 0.409 e. The fourth-order valence-electron chi connectivity index (χ4n) is 1.69. The average molecular weight is 289 g/mol. The van der Waals surface area contributed by atoms with Gasteiger partial charge in [0, 0.05) is 0 Å². The molecule has 0 unspecified atom stereocenters. The molecule has 0 saturated carbocycles. The van der Waals surface area contributed by atoms with E-state index in [1.165, 1.54) is 0 Å². The molecule has 0 aromatic rings. The molecule has 0 radical (unpaired) electrons. The summed E-state index contributed by atoms with van der Waals surface area (Å²) in [7, 11) is 0. The molecule has 0 fully saturated rings. The van der Waals surface area contributed by atoms with E-state index in [1.807, 2.05) is 34.6 Å². The summed E-state index contributed by atoms with van der Waals surface area (Å²) in [5.41, 5.74) is -2.06. The van der Waals surface area contributed by atoms with Crippen LogP contribution < -0.4 is 5.32 Å². The van der Waals surface area contributed by atoms with E-state index in [-0.39, 0.29) is 0 Å². The summed E-state index contributed by atoms with van der Waals surface area (Å²) in [6.07, 6.45) is 1.41. The van der Waals surface area contributed by atoms with Crippen molar-refractivity contribution >= 4 is 6.09 Å². The van der Waals surface area contributed by atoms with Gasteiger partial charge in [0.1, 0.15) is 11.3 Å². The first-order valence-corrected chi connectivity index (χ1v) is 7.30. The van der Waals surface area contributed by atoms with E-state index >= 15 is 0 Å². The number of amides is 1. The maximum absolute atomic E-state index is 11.7. The lowest BCUT2D eigenvalue weighted by Crippen LogP contribution is -2.48. The summed E-state index contributed by atoms with van der Waals surface area (Å²) in [5, 5.41) is 12.8. The first-order chi connectivity index (χ1) is 8.93. The molecule has 5 heteroatoms. The van der Waals surface area contributed by atoms with Gasteiger partial charge >= 0.3 is 6.09 Å². The van der Waals surface area contributed by atoms with Crippen molar-refractivity contribution in [3.05, 3.63) is 0 Å². The second-order valence-corrected chi connectivity index (χ2v) is 6.67. The van der Waals surface area contributed by atoms with Crippen LogP contribution in [0.5, 0.6) is 0 Å². The Bertz CT molecular complexity index is 303. The van der Waals surface area contributed by atoms with Crippen LogP contribution in [0.4, 0.5) is 4.79 Å². The largest absolute Gasteiger partial charge is 0.444 e. The number of nitrogens with one attached hydrogen (secondary N) is 1. The fraction of sp³-hybridized carbons (Fsp3) is 0.933. The summed E-state index contributed by atoms with van der Waals surface area (Å²) in [6, 6.07) is 0. The van der Waals surface area contributed by atoms with Crippen LogP contribution >= 0.6 is 0 Å². The third kappa shape index (κ3) is 8.38. The molecular weight excluding hydrogens is 258 g/mol. The van der Waals surface area contributed by atoms with Crippen molar-refractivity contribution in [3.63, 3.8) is 0 Å². The molecule has 0 aliphatic carbocycles. The molecule has 20 heavy (non-hydrogen) atoms. The topological polar surface area (TPSA) is 67.8 Å². The minimum Gasteiger partial charge on any atom is -0.444 e. The highest BCUT2D eigenvalue weighted by atomic mass is 16.6. The molecule has 5 nitrogen and oxygen atoms in total. The van der Waals surface area contributed by atoms with Crippen LogP contribution in [-0.2, 0) is 9.47 Å². The normalized spacial score (nSPS) is 13.2. The van der Waals surface area contributed by atoms with Gasteiger partial charge in [-0.2, -0.15) is 0 Å². The SMILES string of the molecule is CCC(O)(CC)CCOC(C)(C)NC(=O)OC(C)(C)C. The standard InChI is InChI=1S/C15H31NO4/c1-8-15(18,9-2)10-11-19-14(6,7)16-12(17)20-13(3,4)5/h18H,8-11H2,1-7H3,(H,16,17). The lowest BCUT2D eigenvalue weighted by atomic mass is 9.94. The van der Waals surface area contributed by atoms with Gasteiger partial charge in [-0.25, -0.2) is 4.79 Å². The molecule has 0 atom stereocenters. The summed E-state index contributed by atoms with van der Waals surface area (Å²) in [4.78, 5) is 11.7. The number of carbonyl (C=O) groups is 1. The minimum atomic E-state index is -0.829. The third-order valence-electron chi connectivity index (χ3n) is 3.15. The fourth-order valence-corrected chi connectivity index (χ4v) is 1.69. The highest BCUT2D eigenvalue weighted by molar-refractivity contribution is 5.68. The summed E-state index contributed by atoms with van der Waals surface area (Å²) >= 11 is 0. The second-order valence-electron chi connectivity index (χ2n) is 6.67. The predicted octanol–water partition coefficient (Wildman–Crippen LogP) is 3.21. The molecule has 0 aromatic heterocycles. The van der Waals surface area contributed by atoms with Crippen molar-refractivity contribution < 1.29 is 19.4 Å². The van der Waals surface area contributed by atoms with E-state index in [0.29, 0.717) is 25.9 Å². The van der Waals surface area contributed by atoms with Gasteiger partial charge in [0.2, 0.25) is 0 Å². The zero-order valence-corrected chi connectivity index (χ0v) is 14.0. The summed E-state index contributed by atoms with van der Waals surface area (Å²) in [6.45, 7) is 13.2. The van der Waals surface area contributed by atoms with Crippen molar-refractivity contribution in [2.24, 2.45) is 0 Å². The Morgan fingerprint density at radius 1 is 1.10 bits per heavy atom. The number of carbonyl (C=O) groups excluding carboxylic acids is 1. The van der Waals surface area contributed by atoms with E-state index in [9.17, 15) is 9.90 Å². The van der Waals surface area contributed by atoms with Crippen molar-refractivity contribution in [2.45, 2.75) is 84.7 Å². The molecule has 0 heterocycles. The van der Waals surface area contributed by atoms with Crippen molar-refractivity contribution in [1.82, 2.24) is 5.32 Å². The minimum absolute atomic E-state index is 0.376. The molecular formula is C15H31NO4. The van der Waals surface area contributed by atoms with E-state index < -0.39 is 23.0 Å². The van der Waals surface area contributed by atoms with Crippen LogP contribution in [0.25, 0.3) is 0 Å². The van der Waals surface area contributed by atoms with Crippen LogP contribution in [-0.4, -0.2) is 34.7 Å². The van der Waals surface area contributed by atoms with E-state index in [0.717, 1.165) is 0 Å². The summed E-state index contributed by atoms with van der Waals surface area (Å²) in [5.74, 6) is 0. The van der Waals surface area contributed by atoms with Crippen LogP contribution in [0.3, 0.4) is 0 Å². The molecule has 0 rings (SSSR count). The Hall–Kier alpha value is -0.810. The predicted molar refractivity (Wildman–Crippen MR) is 79.5 cm³/mol. The van der Waals surface area contributed by atoms with Gasteiger partial charge in [0.15, 0.2) is 0 Å². The molecule has 120 valence electrons. The number of aliphatic hydroxyl groups is 1. The Labute approximate surface area is 123 Å². The van der Waals surface area contributed by atoms with Crippen LogP contribution in [0.1, 0.15) is 67.7 Å². The van der Waals surface area contributed by atoms with E-state index in [2.05, 4.69) is 5.32 Å². The van der Waals surface area contributed by atoms with Gasteiger partial charge in [0.05, 0.1) is 12.2 Å². The molecule has 0 spiro atoms. The summed E-state index contributed by atoms with van der Waals surface area (Å²) < 4.78 is 10.8. The lowest BCUT2D eigenvalue weighted by molar-refractivity contribution is -0.0748. The number of hydrogen-bond acceptors (Lipinski definition) is 4. The third-order valence-corrected chi connectivity index (χ3v) is 3.15. The molecule has 0 aliphatic heterocycles. The number of hydrogen-bond donors (Lipinski definition) is 2. The van der Waals surface area contributed by atoms with Gasteiger partial charge in [-0.3, -0.25) is 5.32 Å². The van der Waals surface area contributed by atoms with E-state index in [4.69, 9.17) is 9.47 Å². The van der Waals surface area contributed by atoms with Gasteiger partial charge in [-0.1, -0.05) is 13.8 Å². The van der Waals surface area contributed by atoms with Crippen LogP contribution in [0.15, 0.2) is 0 Å².